The van der Waals surface area contributed by atoms with Crippen LogP contribution >= 0.6 is 0 Å². The Labute approximate surface area is 153 Å². The van der Waals surface area contributed by atoms with E-state index in [1.54, 1.807) is 0 Å². The monoisotopic (exact) mass is 333 g/mol. The molecule has 0 radical (unpaired) electrons. The molecular weight excluding hydrogens is 302 g/mol. The zero-order valence-electron chi connectivity index (χ0n) is 16.5. The maximum Gasteiger partial charge on any atom is 0.0422 e. The third-order valence-corrected chi connectivity index (χ3v) is 4.42. The number of dihydropyridines is 1. The van der Waals surface area contributed by atoms with E-state index in [-0.39, 0.29) is 5.41 Å². The van der Waals surface area contributed by atoms with Crippen LogP contribution in [0.5, 0.6) is 0 Å². The molecule has 0 fully saturated rings. The molecule has 1 aliphatic heterocycles. The molecule has 3 rings (SSSR count). The second-order valence-electron chi connectivity index (χ2n) is 7.24. The summed E-state index contributed by atoms with van der Waals surface area (Å²) in [6.45, 7) is 13.9. The number of rotatable bonds is 2. The highest BCUT2D eigenvalue weighted by atomic mass is 14.9. The van der Waals surface area contributed by atoms with E-state index < -0.39 is 0 Å². The van der Waals surface area contributed by atoms with Gasteiger partial charge in [0.15, 0.2) is 0 Å². The van der Waals surface area contributed by atoms with E-state index in [0.717, 1.165) is 6.54 Å². The van der Waals surface area contributed by atoms with E-state index >= 15 is 0 Å². The first-order chi connectivity index (χ1) is 11.9. The minimum atomic E-state index is 0.179. The molecule has 1 aliphatic rings. The van der Waals surface area contributed by atoms with Crippen molar-refractivity contribution in [2.24, 2.45) is 5.41 Å². The lowest BCUT2D eigenvalue weighted by molar-refractivity contribution is 0.513. The Morgan fingerprint density at radius 3 is 2.20 bits per heavy atom. The minimum absolute atomic E-state index is 0.179. The van der Waals surface area contributed by atoms with Crippen molar-refractivity contribution in [1.29, 1.82) is 0 Å². The first-order valence-corrected chi connectivity index (χ1v) is 9.28. The van der Waals surface area contributed by atoms with Gasteiger partial charge in [-0.25, -0.2) is 0 Å². The molecule has 0 unspecified atom stereocenters. The average molecular weight is 334 g/mol. The summed E-state index contributed by atoms with van der Waals surface area (Å²) >= 11 is 0. The molecule has 0 aromatic heterocycles. The molecule has 0 saturated carbocycles. The number of allylic oxidation sites excluding steroid dienone is 2. The zero-order chi connectivity index (χ0) is 18.4. The quantitative estimate of drug-likeness (QED) is 0.652. The molecular formula is C24H31N. The Morgan fingerprint density at radius 2 is 1.56 bits per heavy atom. The van der Waals surface area contributed by atoms with Gasteiger partial charge in [0.05, 0.1) is 0 Å². The van der Waals surface area contributed by atoms with Crippen LogP contribution in [0.25, 0.3) is 16.8 Å². The molecule has 1 N–H and O–H groups in total. The van der Waals surface area contributed by atoms with Crippen LogP contribution in [0.1, 0.15) is 45.7 Å². The van der Waals surface area contributed by atoms with Crippen LogP contribution in [0.3, 0.4) is 0 Å². The van der Waals surface area contributed by atoms with E-state index in [1.807, 2.05) is 13.8 Å². The van der Waals surface area contributed by atoms with Gasteiger partial charge in [-0.05, 0) is 46.7 Å². The molecule has 0 saturated heterocycles. The van der Waals surface area contributed by atoms with Gasteiger partial charge in [0, 0.05) is 17.8 Å². The molecule has 2 aromatic carbocycles. The maximum atomic E-state index is 3.54. The smallest absolute Gasteiger partial charge is 0.0422 e. The lowest BCUT2D eigenvalue weighted by Gasteiger charge is -2.26. The summed E-state index contributed by atoms with van der Waals surface area (Å²) in [5.74, 6) is 0. The number of benzene rings is 2. The fourth-order valence-electron chi connectivity index (χ4n) is 2.95. The molecule has 132 valence electrons. The normalized spacial score (nSPS) is 13.8. The lowest BCUT2D eigenvalue weighted by atomic mass is 9.83. The Morgan fingerprint density at radius 1 is 0.880 bits per heavy atom. The number of aryl methyl sites for hydroxylation is 1. The van der Waals surface area contributed by atoms with Crippen LogP contribution in [-0.2, 0) is 0 Å². The third kappa shape index (κ3) is 4.63. The molecule has 0 atom stereocenters. The molecule has 0 spiro atoms. The van der Waals surface area contributed by atoms with Crippen LogP contribution in [0.4, 0.5) is 0 Å². The first kappa shape index (κ1) is 19.1. The van der Waals surface area contributed by atoms with Gasteiger partial charge >= 0.3 is 0 Å². The summed E-state index contributed by atoms with van der Waals surface area (Å²) in [4.78, 5) is 0. The minimum Gasteiger partial charge on any atom is -0.381 e. The predicted molar refractivity (Wildman–Crippen MR) is 111 cm³/mol. The Hall–Kier alpha value is -2.28. The van der Waals surface area contributed by atoms with Gasteiger partial charge < -0.3 is 5.32 Å². The number of nitrogens with one attached hydrogen (secondary N) is 1. The van der Waals surface area contributed by atoms with E-state index in [0.29, 0.717) is 0 Å². The molecule has 2 aromatic rings. The SMILES string of the molecule is CC.Cc1ccc(-c2ccccc2)cc1C1=CC(C(C)(C)C)=CCN1. The van der Waals surface area contributed by atoms with Crippen LogP contribution in [0.15, 0.2) is 66.3 Å². The fraction of sp³-hybridized carbons (Fsp3) is 0.333. The third-order valence-electron chi connectivity index (χ3n) is 4.42. The van der Waals surface area contributed by atoms with E-state index in [9.17, 15) is 0 Å². The van der Waals surface area contributed by atoms with Crippen molar-refractivity contribution in [3.63, 3.8) is 0 Å². The average Bonchev–Trinajstić information content (AvgIpc) is 2.64. The summed E-state index contributed by atoms with van der Waals surface area (Å²) in [6, 6.07) is 17.3. The highest BCUT2D eigenvalue weighted by molar-refractivity contribution is 5.76. The topological polar surface area (TPSA) is 12.0 Å². The van der Waals surface area contributed by atoms with E-state index in [4.69, 9.17) is 0 Å². The zero-order valence-corrected chi connectivity index (χ0v) is 16.5. The number of hydrogen-bond acceptors (Lipinski definition) is 1. The van der Waals surface area contributed by atoms with Gasteiger partial charge in [0.1, 0.15) is 0 Å². The molecule has 0 bridgehead atoms. The maximum absolute atomic E-state index is 3.54. The van der Waals surface area contributed by atoms with Crippen LogP contribution in [0, 0.1) is 12.3 Å². The van der Waals surface area contributed by atoms with Crippen molar-refractivity contribution < 1.29 is 0 Å². The Kier molecular flexibility index (Phi) is 6.25. The van der Waals surface area contributed by atoms with Crippen molar-refractivity contribution in [3.8, 4) is 11.1 Å². The van der Waals surface area contributed by atoms with Gasteiger partial charge in [-0.1, -0.05) is 83.2 Å². The first-order valence-electron chi connectivity index (χ1n) is 9.28. The summed E-state index contributed by atoms with van der Waals surface area (Å²) in [6.07, 6.45) is 4.60. The molecule has 1 nitrogen and oxygen atoms in total. The van der Waals surface area contributed by atoms with E-state index in [2.05, 4.69) is 93.7 Å². The van der Waals surface area contributed by atoms with Crippen molar-refractivity contribution in [3.05, 3.63) is 77.4 Å². The highest BCUT2D eigenvalue weighted by Gasteiger charge is 2.19. The van der Waals surface area contributed by atoms with Crippen molar-refractivity contribution in [2.75, 3.05) is 6.54 Å². The summed E-state index contributed by atoms with van der Waals surface area (Å²) in [5.41, 5.74) is 7.93. The van der Waals surface area contributed by atoms with Gasteiger partial charge in [-0.15, -0.1) is 0 Å². The highest BCUT2D eigenvalue weighted by Crippen LogP contribution is 2.32. The Balaban J connectivity index is 0.00000109. The van der Waals surface area contributed by atoms with Crippen molar-refractivity contribution in [1.82, 2.24) is 5.32 Å². The summed E-state index contributed by atoms with van der Waals surface area (Å²) in [5, 5.41) is 3.54. The molecule has 25 heavy (non-hydrogen) atoms. The largest absolute Gasteiger partial charge is 0.381 e. The van der Waals surface area contributed by atoms with Crippen LogP contribution < -0.4 is 5.32 Å². The fourth-order valence-corrected chi connectivity index (χ4v) is 2.95. The van der Waals surface area contributed by atoms with Gasteiger partial charge in [-0.3, -0.25) is 0 Å². The van der Waals surface area contributed by atoms with Gasteiger partial charge in [0.2, 0.25) is 0 Å². The molecule has 0 amide bonds. The van der Waals surface area contributed by atoms with E-state index in [1.165, 1.54) is 33.5 Å². The standard InChI is InChI=1S/C22H25N.C2H6/c1-16-10-11-18(17-8-6-5-7-9-17)14-20(16)21-15-19(12-13-23-21)22(2,3)4;1-2/h5-12,14-15,23H,13H2,1-4H3;1-2H3. The van der Waals surface area contributed by atoms with Gasteiger partial charge in [0.25, 0.3) is 0 Å². The van der Waals surface area contributed by atoms with Crippen molar-refractivity contribution >= 4 is 5.70 Å². The predicted octanol–water partition coefficient (Wildman–Crippen LogP) is 6.60. The van der Waals surface area contributed by atoms with Crippen molar-refractivity contribution in [2.45, 2.75) is 41.5 Å². The molecule has 1 heterocycles. The van der Waals surface area contributed by atoms with Gasteiger partial charge in [-0.2, -0.15) is 0 Å². The number of hydrogen-bond donors (Lipinski definition) is 1. The second kappa shape index (κ2) is 8.20. The van der Waals surface area contributed by atoms with Crippen LogP contribution in [-0.4, -0.2) is 6.54 Å². The lowest BCUT2D eigenvalue weighted by Crippen LogP contribution is -2.21. The summed E-state index contributed by atoms with van der Waals surface area (Å²) < 4.78 is 0. The summed E-state index contributed by atoms with van der Waals surface area (Å²) in [7, 11) is 0. The van der Waals surface area contributed by atoms with Crippen LogP contribution in [0.2, 0.25) is 0 Å². The second-order valence-corrected chi connectivity index (χ2v) is 7.24. The Bertz CT molecular complexity index is 758. The molecule has 1 heteroatoms. The molecule has 0 aliphatic carbocycles.